The smallest absolute Gasteiger partial charge is 0.331 e. The lowest BCUT2D eigenvalue weighted by Gasteiger charge is -2.14. The molecule has 2 rings (SSSR count). The van der Waals surface area contributed by atoms with Gasteiger partial charge in [0, 0.05) is 19.3 Å². The van der Waals surface area contributed by atoms with E-state index < -0.39 is 41.8 Å². The molecule has 1 aromatic heterocycles. The van der Waals surface area contributed by atoms with Crippen LogP contribution in [0.15, 0.2) is 52.2 Å². The summed E-state index contributed by atoms with van der Waals surface area (Å²) in [5, 5.41) is 4.14. The molecule has 0 saturated heterocycles. The molecule has 1 aromatic carbocycles. The van der Waals surface area contributed by atoms with Crippen LogP contribution >= 0.6 is 0 Å². The van der Waals surface area contributed by atoms with E-state index in [1.54, 1.807) is 0 Å². The second-order valence-electron chi connectivity index (χ2n) is 5.84. The molecular weight excluding hydrogens is 368 g/mol. The van der Waals surface area contributed by atoms with Crippen molar-refractivity contribution >= 4 is 17.9 Å². The van der Waals surface area contributed by atoms with Gasteiger partial charge in [-0.15, -0.1) is 0 Å². The van der Waals surface area contributed by atoms with Gasteiger partial charge in [-0.1, -0.05) is 30.3 Å². The summed E-state index contributed by atoms with van der Waals surface area (Å²) < 4.78 is 6.89. The third kappa shape index (κ3) is 5.40. The molecule has 0 aliphatic rings. The van der Waals surface area contributed by atoms with Crippen molar-refractivity contribution in [2.75, 3.05) is 7.05 Å². The van der Waals surface area contributed by atoms with Crippen LogP contribution in [-0.2, 0) is 27.4 Å². The number of aromatic nitrogens is 2. The number of nitrogens with one attached hydrogen (secondary N) is 2. The van der Waals surface area contributed by atoms with Crippen LogP contribution in [0, 0.1) is 0 Å². The van der Waals surface area contributed by atoms with Crippen LogP contribution in [0.4, 0.5) is 4.79 Å². The highest BCUT2D eigenvalue weighted by Crippen LogP contribution is 2.00. The fourth-order valence-electron chi connectivity index (χ4n) is 2.30. The minimum atomic E-state index is -1.28. The summed E-state index contributed by atoms with van der Waals surface area (Å²) in [4.78, 5) is 59.4. The van der Waals surface area contributed by atoms with Gasteiger partial charge in [-0.2, -0.15) is 0 Å². The highest BCUT2D eigenvalue weighted by molar-refractivity contribution is 5.96. The number of amides is 3. The predicted octanol–water partition coefficient (Wildman–Crippen LogP) is -0.554. The summed E-state index contributed by atoms with van der Waals surface area (Å²) in [6.45, 7) is 0.822. The van der Waals surface area contributed by atoms with E-state index in [9.17, 15) is 24.0 Å². The SMILES string of the molecule is CNC(=O)NC(=O)[C@H](C)OC(=O)Cn1c(=O)ccn(Cc2ccccc2)c1=O. The largest absolute Gasteiger partial charge is 0.451 e. The van der Waals surface area contributed by atoms with Crippen molar-refractivity contribution in [2.24, 2.45) is 0 Å². The fourth-order valence-corrected chi connectivity index (χ4v) is 2.30. The van der Waals surface area contributed by atoms with Gasteiger partial charge in [0.2, 0.25) is 0 Å². The first-order valence-electron chi connectivity index (χ1n) is 8.38. The number of rotatable bonds is 6. The molecule has 1 atom stereocenters. The van der Waals surface area contributed by atoms with Gasteiger partial charge in [0.25, 0.3) is 11.5 Å². The molecular formula is C18H20N4O6. The number of urea groups is 1. The molecule has 2 aromatic rings. The molecule has 0 aliphatic heterocycles. The topological polar surface area (TPSA) is 128 Å². The van der Waals surface area contributed by atoms with Gasteiger partial charge < -0.3 is 10.1 Å². The molecule has 10 nitrogen and oxygen atoms in total. The van der Waals surface area contributed by atoms with Gasteiger partial charge >= 0.3 is 17.7 Å². The first kappa shape index (κ1) is 20.6. The highest BCUT2D eigenvalue weighted by Gasteiger charge is 2.20. The number of hydrogen-bond acceptors (Lipinski definition) is 6. The van der Waals surface area contributed by atoms with Gasteiger partial charge in [-0.05, 0) is 12.5 Å². The molecule has 0 bridgehead atoms. The van der Waals surface area contributed by atoms with Crippen LogP contribution in [-0.4, -0.2) is 40.2 Å². The van der Waals surface area contributed by atoms with Crippen molar-refractivity contribution in [3.63, 3.8) is 0 Å². The number of benzene rings is 1. The number of carbonyl (C=O) groups excluding carboxylic acids is 3. The molecule has 3 amide bonds. The second-order valence-corrected chi connectivity index (χ2v) is 5.84. The molecule has 2 N–H and O–H groups in total. The zero-order valence-electron chi connectivity index (χ0n) is 15.4. The summed E-state index contributed by atoms with van der Waals surface area (Å²) >= 11 is 0. The molecule has 0 fully saturated rings. The van der Waals surface area contributed by atoms with E-state index in [-0.39, 0.29) is 6.54 Å². The molecule has 148 valence electrons. The van der Waals surface area contributed by atoms with Crippen LogP contribution in [0.1, 0.15) is 12.5 Å². The third-order valence-corrected chi connectivity index (χ3v) is 3.76. The number of esters is 1. The van der Waals surface area contributed by atoms with E-state index in [4.69, 9.17) is 4.74 Å². The van der Waals surface area contributed by atoms with Crippen LogP contribution in [0.25, 0.3) is 0 Å². The normalized spacial score (nSPS) is 11.4. The Hall–Kier alpha value is -3.69. The second kappa shape index (κ2) is 9.31. The maximum Gasteiger partial charge on any atom is 0.331 e. The number of imide groups is 1. The quantitative estimate of drug-likeness (QED) is 0.639. The minimum Gasteiger partial charge on any atom is -0.451 e. The predicted molar refractivity (Wildman–Crippen MR) is 98.7 cm³/mol. The Morgan fingerprint density at radius 1 is 1.11 bits per heavy atom. The molecule has 0 unspecified atom stereocenters. The first-order valence-corrected chi connectivity index (χ1v) is 8.38. The average molecular weight is 388 g/mol. The monoisotopic (exact) mass is 388 g/mol. The summed E-state index contributed by atoms with van der Waals surface area (Å²) in [5.41, 5.74) is -0.513. The van der Waals surface area contributed by atoms with Crippen molar-refractivity contribution in [1.82, 2.24) is 19.8 Å². The third-order valence-electron chi connectivity index (χ3n) is 3.76. The van der Waals surface area contributed by atoms with E-state index >= 15 is 0 Å². The maximum absolute atomic E-state index is 12.5. The van der Waals surface area contributed by atoms with Gasteiger partial charge in [0.1, 0.15) is 6.54 Å². The standard InChI is InChI=1S/C18H20N4O6/c1-12(16(25)20-17(26)19-2)28-15(24)11-22-14(23)8-9-21(18(22)27)10-13-6-4-3-5-7-13/h3-9,12H,10-11H2,1-2H3,(H2,19,20,25,26)/t12-/m0/s1. The molecule has 1 heterocycles. The average Bonchev–Trinajstić information content (AvgIpc) is 2.68. The lowest BCUT2D eigenvalue weighted by atomic mass is 10.2. The Balaban J connectivity index is 2.10. The Bertz CT molecular complexity index is 980. The van der Waals surface area contributed by atoms with E-state index in [1.807, 2.05) is 35.6 Å². The Labute approximate surface area is 159 Å². The van der Waals surface area contributed by atoms with Crippen molar-refractivity contribution in [2.45, 2.75) is 26.1 Å². The van der Waals surface area contributed by atoms with Gasteiger partial charge in [-0.3, -0.25) is 24.3 Å². The van der Waals surface area contributed by atoms with Crippen LogP contribution in [0.2, 0.25) is 0 Å². The number of ether oxygens (including phenoxy) is 1. The molecule has 0 spiro atoms. The highest BCUT2D eigenvalue weighted by atomic mass is 16.5. The minimum absolute atomic E-state index is 0.222. The van der Waals surface area contributed by atoms with Crippen molar-refractivity contribution in [3.05, 3.63) is 69.0 Å². The Morgan fingerprint density at radius 3 is 2.43 bits per heavy atom. The van der Waals surface area contributed by atoms with Gasteiger partial charge in [0.15, 0.2) is 6.10 Å². The van der Waals surface area contributed by atoms with Crippen molar-refractivity contribution < 1.29 is 19.1 Å². The fraction of sp³-hybridized carbons (Fsp3) is 0.278. The zero-order valence-corrected chi connectivity index (χ0v) is 15.4. The van der Waals surface area contributed by atoms with Gasteiger partial charge in [-0.25, -0.2) is 14.2 Å². The molecule has 0 aliphatic carbocycles. The van der Waals surface area contributed by atoms with E-state index in [0.717, 1.165) is 5.56 Å². The molecule has 0 radical (unpaired) electrons. The number of hydrogen-bond donors (Lipinski definition) is 2. The lowest BCUT2D eigenvalue weighted by Crippen LogP contribution is -2.45. The van der Waals surface area contributed by atoms with Crippen LogP contribution in [0.3, 0.4) is 0 Å². The molecule has 10 heteroatoms. The van der Waals surface area contributed by atoms with E-state index in [1.165, 1.54) is 30.8 Å². The maximum atomic E-state index is 12.5. The molecule has 0 saturated carbocycles. The van der Waals surface area contributed by atoms with Crippen molar-refractivity contribution in [3.8, 4) is 0 Å². The summed E-state index contributed by atoms with van der Waals surface area (Å²) in [6.07, 6.45) is 0.0645. The number of nitrogens with zero attached hydrogens (tertiary/aromatic N) is 2. The summed E-state index contributed by atoms with van der Waals surface area (Å²) in [5.74, 6) is -1.80. The number of carbonyl (C=O) groups is 3. The Kier molecular flexibility index (Phi) is 6.85. The lowest BCUT2D eigenvalue weighted by molar-refractivity contribution is -0.155. The Morgan fingerprint density at radius 2 is 1.79 bits per heavy atom. The zero-order chi connectivity index (χ0) is 20.7. The molecule has 28 heavy (non-hydrogen) atoms. The first-order chi connectivity index (χ1) is 13.3. The summed E-state index contributed by atoms with van der Waals surface area (Å²) in [6, 6.07) is 9.53. The van der Waals surface area contributed by atoms with Crippen LogP contribution < -0.4 is 21.9 Å². The van der Waals surface area contributed by atoms with E-state index in [2.05, 4.69) is 5.32 Å². The van der Waals surface area contributed by atoms with Gasteiger partial charge in [0.05, 0.1) is 6.54 Å². The van der Waals surface area contributed by atoms with Crippen LogP contribution in [0.5, 0.6) is 0 Å². The van der Waals surface area contributed by atoms with E-state index in [0.29, 0.717) is 4.57 Å². The van der Waals surface area contributed by atoms with Crippen molar-refractivity contribution in [1.29, 1.82) is 0 Å². The summed E-state index contributed by atoms with van der Waals surface area (Å²) in [7, 11) is 1.32.